The van der Waals surface area contributed by atoms with E-state index < -0.39 is 0 Å². The Morgan fingerprint density at radius 3 is 2.78 bits per heavy atom. The lowest BCUT2D eigenvalue weighted by Crippen LogP contribution is -2.23. The summed E-state index contributed by atoms with van der Waals surface area (Å²) in [5.74, 6) is -0.160. The number of aromatic nitrogens is 3. The van der Waals surface area contributed by atoms with Crippen LogP contribution in [0.25, 0.3) is 0 Å². The van der Waals surface area contributed by atoms with E-state index >= 15 is 0 Å². The van der Waals surface area contributed by atoms with Gasteiger partial charge >= 0.3 is 0 Å². The lowest BCUT2D eigenvalue weighted by atomic mass is 10.1. The molecule has 7 nitrogen and oxygen atoms in total. The summed E-state index contributed by atoms with van der Waals surface area (Å²) in [4.78, 5) is 24.1. The lowest BCUT2D eigenvalue weighted by Gasteiger charge is -2.25. The van der Waals surface area contributed by atoms with E-state index in [0.29, 0.717) is 17.4 Å². The Bertz CT molecular complexity index is 1200. The minimum Gasteiger partial charge on any atom is -0.399 e. The summed E-state index contributed by atoms with van der Waals surface area (Å²) in [5.41, 5.74) is 10.4. The fourth-order valence-corrected chi connectivity index (χ4v) is 4.90. The number of nitrogens with one attached hydrogen (secondary N) is 1. The first kappa shape index (κ1) is 20.3. The van der Waals surface area contributed by atoms with Crippen LogP contribution in [0.1, 0.15) is 40.6 Å². The van der Waals surface area contributed by atoms with Crippen LogP contribution >= 0.6 is 11.3 Å². The number of anilines is 3. The van der Waals surface area contributed by atoms with Gasteiger partial charge in [0.1, 0.15) is 5.69 Å². The Kier molecular flexibility index (Phi) is 5.60. The number of amides is 1. The molecule has 3 aromatic heterocycles. The van der Waals surface area contributed by atoms with Gasteiger partial charge in [-0.15, -0.1) is 11.3 Å². The topological polar surface area (TPSA) is 89.1 Å². The normalized spacial score (nSPS) is 15.8. The number of rotatable bonds is 6. The van der Waals surface area contributed by atoms with Gasteiger partial charge in [-0.05, 0) is 66.9 Å². The fraction of sp³-hybridized carbons (Fsp3) is 0.208. The quantitative estimate of drug-likeness (QED) is 0.426. The maximum atomic E-state index is 12.9. The van der Waals surface area contributed by atoms with E-state index in [1.54, 1.807) is 12.4 Å². The highest BCUT2D eigenvalue weighted by atomic mass is 32.1. The van der Waals surface area contributed by atoms with Crippen molar-refractivity contribution in [2.45, 2.75) is 25.4 Å². The van der Waals surface area contributed by atoms with Gasteiger partial charge in [0.25, 0.3) is 5.91 Å². The number of carbonyl (C=O) groups excluding carboxylic acids is 1. The second kappa shape index (κ2) is 8.84. The van der Waals surface area contributed by atoms with Gasteiger partial charge in [-0.25, -0.2) is 4.98 Å². The summed E-state index contributed by atoms with van der Waals surface area (Å²) in [5, 5.41) is 5.64. The Hall–Kier alpha value is -3.65. The molecule has 162 valence electrons. The van der Waals surface area contributed by atoms with Gasteiger partial charge in [0.2, 0.25) is 0 Å². The Morgan fingerprint density at radius 1 is 1.16 bits per heavy atom. The molecule has 5 rings (SSSR count). The molecule has 3 N–H and O–H groups in total. The first-order chi connectivity index (χ1) is 15.7. The molecular weight excluding hydrogens is 420 g/mol. The summed E-state index contributed by atoms with van der Waals surface area (Å²) in [7, 11) is 0. The van der Waals surface area contributed by atoms with Crippen LogP contribution in [0.3, 0.4) is 0 Å². The molecule has 8 heteroatoms. The number of nitrogen functional groups attached to an aromatic ring is 1. The number of carbonyl (C=O) groups is 1. The second-order valence-electron chi connectivity index (χ2n) is 7.85. The van der Waals surface area contributed by atoms with Gasteiger partial charge in [0.15, 0.2) is 5.13 Å². The molecule has 1 unspecified atom stereocenters. The molecule has 32 heavy (non-hydrogen) atoms. The molecule has 4 aromatic rings. The summed E-state index contributed by atoms with van der Waals surface area (Å²) < 4.78 is 1.93. The van der Waals surface area contributed by atoms with Crippen molar-refractivity contribution in [1.29, 1.82) is 0 Å². The molecule has 1 aromatic carbocycles. The summed E-state index contributed by atoms with van der Waals surface area (Å²) in [6.45, 7) is 1.59. The predicted molar refractivity (Wildman–Crippen MR) is 128 cm³/mol. The number of hydrogen-bond donors (Lipinski definition) is 2. The predicted octanol–water partition coefficient (Wildman–Crippen LogP) is 4.56. The van der Waals surface area contributed by atoms with Crippen molar-refractivity contribution in [2.24, 2.45) is 0 Å². The molecule has 0 bridgehead atoms. The van der Waals surface area contributed by atoms with Gasteiger partial charge in [-0.3, -0.25) is 15.1 Å². The second-order valence-corrected chi connectivity index (χ2v) is 8.71. The van der Waals surface area contributed by atoms with Crippen LogP contribution in [-0.4, -0.2) is 27.0 Å². The van der Waals surface area contributed by atoms with Crippen molar-refractivity contribution in [2.75, 3.05) is 22.5 Å². The third-order valence-electron chi connectivity index (χ3n) is 5.73. The fourth-order valence-electron chi connectivity index (χ4n) is 4.15. The summed E-state index contributed by atoms with van der Waals surface area (Å²) >= 11 is 1.46. The minimum atomic E-state index is -0.160. The van der Waals surface area contributed by atoms with E-state index in [9.17, 15) is 4.79 Å². The molecular formula is C24H24N6OS. The van der Waals surface area contributed by atoms with Crippen molar-refractivity contribution >= 4 is 33.8 Å². The van der Waals surface area contributed by atoms with Crippen molar-refractivity contribution in [3.8, 4) is 0 Å². The molecule has 1 amide bonds. The van der Waals surface area contributed by atoms with Crippen LogP contribution in [0, 0.1) is 0 Å². The highest BCUT2D eigenvalue weighted by Crippen LogP contribution is 2.37. The number of benzene rings is 1. The molecule has 0 radical (unpaired) electrons. The van der Waals surface area contributed by atoms with Crippen molar-refractivity contribution in [3.63, 3.8) is 0 Å². The van der Waals surface area contributed by atoms with E-state index in [0.717, 1.165) is 42.0 Å². The van der Waals surface area contributed by atoms with Gasteiger partial charge in [-0.1, -0.05) is 0 Å². The lowest BCUT2D eigenvalue weighted by molar-refractivity contribution is 0.101. The van der Waals surface area contributed by atoms with Crippen LogP contribution in [-0.2, 0) is 6.54 Å². The van der Waals surface area contributed by atoms with Gasteiger partial charge in [0, 0.05) is 48.4 Å². The average Bonchev–Trinajstić information content (AvgIpc) is 3.55. The molecule has 0 aliphatic carbocycles. The summed E-state index contributed by atoms with van der Waals surface area (Å²) in [6.07, 6.45) is 7.57. The van der Waals surface area contributed by atoms with Crippen molar-refractivity contribution < 1.29 is 4.79 Å². The third kappa shape index (κ3) is 4.22. The highest BCUT2D eigenvalue weighted by molar-refractivity contribution is 7.14. The zero-order valence-corrected chi connectivity index (χ0v) is 18.3. The van der Waals surface area contributed by atoms with E-state index in [2.05, 4.69) is 27.3 Å². The maximum Gasteiger partial charge on any atom is 0.274 e. The number of hydrogen-bond acceptors (Lipinski definition) is 6. The first-order valence-electron chi connectivity index (χ1n) is 10.6. The van der Waals surface area contributed by atoms with E-state index in [4.69, 9.17) is 10.7 Å². The molecule has 0 spiro atoms. The molecule has 0 saturated carbocycles. The van der Waals surface area contributed by atoms with Gasteiger partial charge < -0.3 is 15.2 Å². The Morgan fingerprint density at radius 2 is 1.97 bits per heavy atom. The molecule has 1 fully saturated rings. The molecule has 1 saturated heterocycles. The van der Waals surface area contributed by atoms with E-state index in [-0.39, 0.29) is 11.9 Å². The molecule has 4 heterocycles. The molecule has 1 aliphatic rings. The van der Waals surface area contributed by atoms with Gasteiger partial charge in [0.05, 0.1) is 11.7 Å². The number of nitrogens with zero attached hydrogens (tertiary/aromatic N) is 4. The largest absolute Gasteiger partial charge is 0.399 e. The van der Waals surface area contributed by atoms with Crippen LogP contribution < -0.4 is 16.0 Å². The van der Waals surface area contributed by atoms with Crippen LogP contribution in [0.15, 0.2) is 72.5 Å². The SMILES string of the molecule is Nc1ccc(N2CCCC2c2csc(NC(=O)c3cccn3Cc3ccncc3)n2)cc1. The monoisotopic (exact) mass is 444 g/mol. The number of thiazole rings is 1. The molecule has 1 aliphatic heterocycles. The maximum absolute atomic E-state index is 12.9. The smallest absolute Gasteiger partial charge is 0.274 e. The zero-order chi connectivity index (χ0) is 21.9. The average molecular weight is 445 g/mol. The van der Waals surface area contributed by atoms with E-state index in [1.165, 1.54) is 11.3 Å². The van der Waals surface area contributed by atoms with Crippen LogP contribution in [0.5, 0.6) is 0 Å². The molecule has 1 atom stereocenters. The zero-order valence-electron chi connectivity index (χ0n) is 17.5. The van der Waals surface area contributed by atoms with Gasteiger partial charge in [-0.2, -0.15) is 0 Å². The van der Waals surface area contributed by atoms with Crippen LogP contribution in [0.2, 0.25) is 0 Å². The minimum absolute atomic E-state index is 0.160. The Labute approximate surface area is 190 Å². The van der Waals surface area contributed by atoms with Crippen LogP contribution in [0.4, 0.5) is 16.5 Å². The Balaban J connectivity index is 1.29. The number of pyridine rings is 1. The number of nitrogens with two attached hydrogens (primary N) is 1. The standard InChI is InChI=1S/C24H24N6OS/c25-18-5-7-19(8-6-18)30-14-2-3-21(30)20-16-32-24(27-20)28-23(31)22-4-1-13-29(22)15-17-9-11-26-12-10-17/h1,4-13,16,21H,2-3,14-15,25H2,(H,27,28,31). The highest BCUT2D eigenvalue weighted by Gasteiger charge is 2.28. The van der Waals surface area contributed by atoms with Crippen molar-refractivity contribution in [3.05, 3.63) is 89.5 Å². The first-order valence-corrected chi connectivity index (χ1v) is 11.5. The third-order valence-corrected chi connectivity index (χ3v) is 6.50. The summed E-state index contributed by atoms with van der Waals surface area (Å²) in [6, 6.07) is 15.8. The van der Waals surface area contributed by atoms with E-state index in [1.807, 2.05) is 52.5 Å². The van der Waals surface area contributed by atoms with Crippen molar-refractivity contribution in [1.82, 2.24) is 14.5 Å².